The molecule has 0 aliphatic carbocycles. The first-order chi connectivity index (χ1) is 19.2. The highest BCUT2D eigenvalue weighted by Crippen LogP contribution is 2.19. The molecule has 0 radical (unpaired) electrons. The predicted octanol–water partition coefficient (Wildman–Crippen LogP) is -6.84. The summed E-state index contributed by atoms with van der Waals surface area (Å²) in [5, 5.41) is 64.7. The number of hydrogen-bond acceptors (Lipinski definition) is 12. The molecule has 12 N–H and O–H groups in total. The second-order valence-corrected chi connectivity index (χ2v) is 9.19. The number of rotatable bonds is 16. The van der Waals surface area contributed by atoms with Crippen molar-refractivity contribution in [2.24, 2.45) is 5.73 Å². The molecule has 232 valence electrons. The number of hydrogen-bond donors (Lipinski definition) is 11. The number of aliphatic carboxylic acids is 2. The lowest BCUT2D eigenvalue weighted by atomic mass is 10.1. The molecule has 1 rings (SSSR count). The molecule has 1 aliphatic heterocycles. The van der Waals surface area contributed by atoms with E-state index >= 15 is 0 Å². The lowest BCUT2D eigenvalue weighted by Crippen LogP contribution is -2.62. The second-order valence-electron chi connectivity index (χ2n) is 9.19. The van der Waals surface area contributed by atoms with Gasteiger partial charge in [-0.1, -0.05) is 0 Å². The van der Waals surface area contributed by atoms with E-state index in [9.17, 15) is 59.1 Å². The van der Waals surface area contributed by atoms with E-state index in [4.69, 9.17) is 10.8 Å². The van der Waals surface area contributed by atoms with Gasteiger partial charge in [-0.25, -0.2) is 4.79 Å². The monoisotopic (exact) mass is 592 g/mol. The van der Waals surface area contributed by atoms with Gasteiger partial charge in [-0.3, -0.25) is 28.8 Å². The van der Waals surface area contributed by atoms with Crippen LogP contribution in [-0.4, -0.2) is 146 Å². The number of nitrogens with two attached hydrogens (primary N) is 1. The molecule has 1 saturated heterocycles. The normalized spacial score (nSPS) is 19.1. The van der Waals surface area contributed by atoms with Crippen molar-refractivity contribution < 1.29 is 64.2 Å². The number of likely N-dealkylation sites (tertiary alicyclic amines) is 1. The smallest absolute Gasteiger partial charge is 0.326 e. The number of amides is 5. The van der Waals surface area contributed by atoms with E-state index in [1.165, 1.54) is 0 Å². The van der Waals surface area contributed by atoms with Crippen LogP contribution in [0.15, 0.2) is 0 Å². The lowest BCUT2D eigenvalue weighted by Gasteiger charge is -2.29. The van der Waals surface area contributed by atoms with Crippen LogP contribution in [0.5, 0.6) is 0 Å². The highest BCUT2D eigenvalue weighted by molar-refractivity contribution is 5.97. The summed E-state index contributed by atoms with van der Waals surface area (Å²) >= 11 is 0. The molecular formula is C22H36N6O13. The zero-order chi connectivity index (χ0) is 31.4. The van der Waals surface area contributed by atoms with Crippen molar-refractivity contribution in [2.45, 2.75) is 68.5 Å². The molecule has 1 aliphatic rings. The third-order valence-corrected chi connectivity index (χ3v) is 6.04. The fraction of sp³-hybridized carbons (Fsp3) is 0.682. The molecule has 0 unspecified atom stereocenters. The summed E-state index contributed by atoms with van der Waals surface area (Å²) in [5.74, 6) is -8.47. The van der Waals surface area contributed by atoms with Gasteiger partial charge in [0.05, 0.1) is 32.3 Å². The van der Waals surface area contributed by atoms with E-state index in [0.717, 1.165) is 11.8 Å². The van der Waals surface area contributed by atoms with Crippen LogP contribution in [0.4, 0.5) is 0 Å². The van der Waals surface area contributed by atoms with Gasteiger partial charge in [0.1, 0.15) is 36.3 Å². The van der Waals surface area contributed by atoms with E-state index in [1.54, 1.807) is 0 Å². The quantitative estimate of drug-likeness (QED) is 0.0793. The molecule has 19 heteroatoms. The Morgan fingerprint density at radius 2 is 1.32 bits per heavy atom. The summed E-state index contributed by atoms with van der Waals surface area (Å²) < 4.78 is 0. The summed E-state index contributed by atoms with van der Waals surface area (Å²) in [5.41, 5.74) is 5.32. The van der Waals surface area contributed by atoms with Gasteiger partial charge in [0.15, 0.2) is 0 Å². The van der Waals surface area contributed by atoms with Crippen LogP contribution in [0.1, 0.15) is 26.2 Å². The molecular weight excluding hydrogens is 556 g/mol. The van der Waals surface area contributed by atoms with E-state index in [2.05, 4.69) is 5.32 Å². The van der Waals surface area contributed by atoms with Crippen molar-refractivity contribution in [3.05, 3.63) is 0 Å². The van der Waals surface area contributed by atoms with Gasteiger partial charge in [0, 0.05) is 6.54 Å². The van der Waals surface area contributed by atoms with Gasteiger partial charge in [-0.15, -0.1) is 0 Å². The minimum absolute atomic E-state index is 0.00252. The summed E-state index contributed by atoms with van der Waals surface area (Å²) in [4.78, 5) is 86.5. The molecule has 7 atom stereocenters. The molecule has 0 saturated carbocycles. The Morgan fingerprint density at radius 3 is 1.78 bits per heavy atom. The van der Waals surface area contributed by atoms with Gasteiger partial charge < -0.3 is 62.5 Å². The Labute approximate surface area is 233 Å². The van der Waals surface area contributed by atoms with Crippen LogP contribution in [0, 0.1) is 0 Å². The highest BCUT2D eigenvalue weighted by atomic mass is 16.4. The maximum absolute atomic E-state index is 12.9. The molecule has 0 spiro atoms. The summed E-state index contributed by atoms with van der Waals surface area (Å²) in [6, 6.07) is -9.69. The molecule has 1 fully saturated rings. The third kappa shape index (κ3) is 10.2. The molecule has 0 aromatic heterocycles. The van der Waals surface area contributed by atoms with Gasteiger partial charge in [-0.05, 0) is 19.8 Å². The minimum atomic E-state index is -1.85. The number of aliphatic hydroxyl groups excluding tert-OH is 4. The predicted molar refractivity (Wildman–Crippen MR) is 133 cm³/mol. The van der Waals surface area contributed by atoms with Gasteiger partial charge in [0.2, 0.25) is 29.5 Å². The van der Waals surface area contributed by atoms with Gasteiger partial charge in [0.25, 0.3) is 0 Å². The summed E-state index contributed by atoms with van der Waals surface area (Å²) in [6.45, 7) is -1.73. The van der Waals surface area contributed by atoms with Crippen LogP contribution in [0.3, 0.4) is 0 Å². The first-order valence-electron chi connectivity index (χ1n) is 12.4. The van der Waals surface area contributed by atoms with Crippen molar-refractivity contribution >= 4 is 41.5 Å². The fourth-order valence-electron chi connectivity index (χ4n) is 3.80. The van der Waals surface area contributed by atoms with Gasteiger partial charge in [-0.2, -0.15) is 0 Å². The van der Waals surface area contributed by atoms with Crippen molar-refractivity contribution in [1.29, 1.82) is 0 Å². The first kappa shape index (κ1) is 35.1. The number of carboxylic acids is 2. The number of carbonyl (C=O) groups excluding carboxylic acids is 5. The van der Waals surface area contributed by atoms with Gasteiger partial charge >= 0.3 is 11.9 Å². The SMILES string of the molecule is C[C@@H](O)[C@H](NC(=O)[C@H](CO)NC(=O)[C@H](CO)NC(=O)[C@@H](N)CO)C(=O)N[C@@H](CC(=O)O)C(=O)N1CCC[C@H]1C(=O)O. The number of carbonyl (C=O) groups is 7. The number of aliphatic hydroxyl groups is 4. The maximum atomic E-state index is 12.9. The highest BCUT2D eigenvalue weighted by Gasteiger charge is 2.40. The van der Waals surface area contributed by atoms with E-state index < -0.39 is 110 Å². The third-order valence-electron chi connectivity index (χ3n) is 6.04. The molecule has 0 aromatic rings. The van der Waals surface area contributed by atoms with E-state index in [0.29, 0.717) is 6.42 Å². The minimum Gasteiger partial charge on any atom is -0.481 e. The van der Waals surface area contributed by atoms with Crippen LogP contribution >= 0.6 is 0 Å². The van der Waals surface area contributed by atoms with E-state index in [1.807, 2.05) is 16.0 Å². The number of nitrogens with one attached hydrogen (secondary N) is 4. The molecule has 19 nitrogen and oxygen atoms in total. The van der Waals surface area contributed by atoms with Crippen molar-refractivity contribution in [3.8, 4) is 0 Å². The van der Waals surface area contributed by atoms with Crippen LogP contribution in [0.25, 0.3) is 0 Å². The van der Waals surface area contributed by atoms with Crippen molar-refractivity contribution in [3.63, 3.8) is 0 Å². The standard InChI is InChI=1S/C22H36N6O13/c1-9(32)16(20(38)24-11(5-15(33)34)21(39)28-4-2-3-14(28)22(40)41)27-19(37)13(8-31)26-18(36)12(7-30)25-17(35)10(23)6-29/h9-14,16,29-32H,2-8,23H2,1H3,(H,24,38)(H,25,35)(H,26,36)(H,27,37)(H,33,34)(H,40,41)/t9-,10+,11+,12+,13+,14+,16+/m1/s1. The zero-order valence-electron chi connectivity index (χ0n) is 22.1. The lowest BCUT2D eigenvalue weighted by molar-refractivity contribution is -0.151. The Bertz CT molecular complexity index is 993. The molecule has 1 heterocycles. The Balaban J connectivity index is 3.00. The summed E-state index contributed by atoms with van der Waals surface area (Å²) in [6.07, 6.45) is -2.16. The average Bonchev–Trinajstić information content (AvgIpc) is 3.41. The fourth-order valence-corrected chi connectivity index (χ4v) is 3.80. The largest absolute Gasteiger partial charge is 0.481 e. The van der Waals surface area contributed by atoms with Crippen LogP contribution in [-0.2, 0) is 33.6 Å². The van der Waals surface area contributed by atoms with Crippen molar-refractivity contribution in [2.75, 3.05) is 26.4 Å². The average molecular weight is 593 g/mol. The second kappa shape index (κ2) is 16.4. The van der Waals surface area contributed by atoms with Crippen LogP contribution < -0.4 is 27.0 Å². The molecule has 41 heavy (non-hydrogen) atoms. The Morgan fingerprint density at radius 1 is 0.805 bits per heavy atom. The first-order valence-corrected chi connectivity index (χ1v) is 12.4. The summed E-state index contributed by atoms with van der Waals surface area (Å²) in [7, 11) is 0. The van der Waals surface area contributed by atoms with E-state index in [-0.39, 0.29) is 13.0 Å². The Kier molecular flexibility index (Phi) is 14.0. The molecule has 5 amide bonds. The van der Waals surface area contributed by atoms with Crippen molar-refractivity contribution in [1.82, 2.24) is 26.2 Å². The topological polar surface area (TPSA) is 318 Å². The molecule has 0 bridgehead atoms. The van der Waals surface area contributed by atoms with Crippen LogP contribution in [0.2, 0.25) is 0 Å². The number of carboxylic acid groups (broad SMARTS) is 2. The maximum Gasteiger partial charge on any atom is 0.326 e. The molecule has 0 aromatic carbocycles. The zero-order valence-corrected chi connectivity index (χ0v) is 22.1. The Hall–Kier alpha value is -3.91. The number of nitrogens with zero attached hydrogens (tertiary/aromatic N) is 1.